The molecule has 2 rings (SSSR count). The van der Waals surface area contributed by atoms with Crippen LogP contribution < -0.4 is 4.74 Å². The van der Waals surface area contributed by atoms with Crippen LogP contribution in [-0.2, 0) is 17.4 Å². The van der Waals surface area contributed by atoms with Gasteiger partial charge in [0.25, 0.3) is 0 Å². The van der Waals surface area contributed by atoms with E-state index in [1.165, 1.54) is 12.1 Å². The number of fused-ring (bicyclic) bond motifs is 1. The summed E-state index contributed by atoms with van der Waals surface area (Å²) in [6.07, 6.45) is -4.42. The van der Waals surface area contributed by atoms with Crippen molar-refractivity contribution >= 4 is 5.97 Å². The second kappa shape index (κ2) is 3.94. The zero-order valence-corrected chi connectivity index (χ0v) is 8.62. The van der Waals surface area contributed by atoms with Crippen LogP contribution in [0.1, 0.15) is 11.1 Å². The first kappa shape index (κ1) is 11.8. The number of para-hydroxylation sites is 1. The van der Waals surface area contributed by atoms with Gasteiger partial charge in [0.2, 0.25) is 0 Å². The number of halogens is 3. The summed E-state index contributed by atoms with van der Waals surface area (Å²) in [7, 11) is 0. The first-order valence-corrected chi connectivity index (χ1v) is 4.94. The number of aliphatic carboxylic acids is 1. The van der Waals surface area contributed by atoms with Crippen LogP contribution >= 0.6 is 0 Å². The lowest BCUT2D eigenvalue weighted by molar-refractivity contribution is -0.143. The number of alkyl halides is 3. The Morgan fingerprint density at radius 2 is 2.12 bits per heavy atom. The van der Waals surface area contributed by atoms with Gasteiger partial charge in [-0.05, 0) is 18.1 Å². The van der Waals surface area contributed by atoms with E-state index in [9.17, 15) is 18.0 Å². The molecule has 0 bridgehead atoms. The first-order valence-electron chi connectivity index (χ1n) is 4.94. The van der Waals surface area contributed by atoms with E-state index in [2.05, 4.69) is 0 Å². The molecule has 0 amide bonds. The molecule has 0 aliphatic carbocycles. The van der Waals surface area contributed by atoms with Gasteiger partial charge >= 0.3 is 12.1 Å². The molecule has 17 heavy (non-hydrogen) atoms. The second-order valence-corrected chi connectivity index (χ2v) is 3.84. The van der Waals surface area contributed by atoms with Gasteiger partial charge < -0.3 is 9.84 Å². The Balaban J connectivity index is 2.39. The van der Waals surface area contributed by atoms with Crippen molar-refractivity contribution in [3.8, 4) is 5.75 Å². The Hall–Kier alpha value is -1.72. The third-order valence-corrected chi connectivity index (χ3v) is 2.65. The molecule has 3 nitrogen and oxygen atoms in total. The van der Waals surface area contributed by atoms with Crippen LogP contribution in [0, 0.1) is 5.92 Å². The predicted octanol–water partition coefficient (Wildman–Crippen LogP) is 2.34. The average molecular weight is 246 g/mol. The van der Waals surface area contributed by atoms with Crippen molar-refractivity contribution in [2.45, 2.75) is 12.6 Å². The molecule has 1 N–H and O–H groups in total. The Bertz CT molecular complexity index is 454. The van der Waals surface area contributed by atoms with E-state index in [0.717, 1.165) is 6.07 Å². The third-order valence-electron chi connectivity index (χ3n) is 2.65. The molecule has 92 valence electrons. The van der Waals surface area contributed by atoms with Crippen molar-refractivity contribution in [3.63, 3.8) is 0 Å². The standard InChI is InChI=1S/C11H9F3O3/c12-11(13,14)8-3-1-2-6-4-7(10(15)16)5-17-9(6)8/h1-3,7H,4-5H2,(H,15,16)/t7-/m0/s1. The quantitative estimate of drug-likeness (QED) is 0.827. The molecular formula is C11H9F3O3. The molecule has 0 unspecified atom stereocenters. The number of hydrogen-bond acceptors (Lipinski definition) is 2. The van der Waals surface area contributed by atoms with Crippen LogP contribution in [-0.4, -0.2) is 17.7 Å². The van der Waals surface area contributed by atoms with Crippen LogP contribution in [0.25, 0.3) is 0 Å². The number of ether oxygens (including phenoxy) is 1. The van der Waals surface area contributed by atoms with Gasteiger partial charge in [-0.3, -0.25) is 4.79 Å². The van der Waals surface area contributed by atoms with Gasteiger partial charge in [0.05, 0.1) is 11.5 Å². The molecule has 1 atom stereocenters. The smallest absolute Gasteiger partial charge is 0.419 e. The van der Waals surface area contributed by atoms with E-state index < -0.39 is 23.6 Å². The summed E-state index contributed by atoms with van der Waals surface area (Å²) < 4.78 is 42.9. The summed E-state index contributed by atoms with van der Waals surface area (Å²) in [4.78, 5) is 10.7. The number of carboxylic acid groups (broad SMARTS) is 1. The summed E-state index contributed by atoms with van der Waals surface area (Å²) in [5.41, 5.74) is -0.558. The van der Waals surface area contributed by atoms with Crippen molar-refractivity contribution in [1.29, 1.82) is 0 Å². The molecular weight excluding hydrogens is 237 g/mol. The molecule has 0 fully saturated rings. The number of rotatable bonds is 1. The molecule has 0 aromatic heterocycles. The lowest BCUT2D eigenvalue weighted by Crippen LogP contribution is -2.29. The van der Waals surface area contributed by atoms with Gasteiger partial charge in [-0.2, -0.15) is 13.2 Å². The zero-order chi connectivity index (χ0) is 12.6. The van der Waals surface area contributed by atoms with E-state index in [-0.39, 0.29) is 18.8 Å². The summed E-state index contributed by atoms with van der Waals surface area (Å²) in [6, 6.07) is 3.65. The minimum Gasteiger partial charge on any atom is -0.492 e. The fourth-order valence-corrected chi connectivity index (χ4v) is 1.81. The van der Waals surface area contributed by atoms with Crippen molar-refractivity contribution < 1.29 is 27.8 Å². The van der Waals surface area contributed by atoms with Gasteiger partial charge in [0.15, 0.2) is 0 Å². The lowest BCUT2D eigenvalue weighted by atomic mass is 9.95. The van der Waals surface area contributed by atoms with Crippen molar-refractivity contribution in [2.24, 2.45) is 5.92 Å². The fourth-order valence-electron chi connectivity index (χ4n) is 1.81. The van der Waals surface area contributed by atoms with Crippen LogP contribution in [0.2, 0.25) is 0 Å². The molecule has 0 spiro atoms. The Labute approximate surface area is 94.8 Å². The lowest BCUT2D eigenvalue weighted by Gasteiger charge is -2.25. The highest BCUT2D eigenvalue weighted by Crippen LogP contribution is 2.40. The van der Waals surface area contributed by atoms with E-state index >= 15 is 0 Å². The Kier molecular flexibility index (Phi) is 2.73. The summed E-state index contributed by atoms with van der Waals surface area (Å²) >= 11 is 0. The molecule has 0 radical (unpaired) electrons. The van der Waals surface area contributed by atoms with Gasteiger partial charge in [-0.1, -0.05) is 12.1 Å². The normalized spacial score (nSPS) is 19.4. The topological polar surface area (TPSA) is 46.5 Å². The molecule has 1 heterocycles. The van der Waals surface area contributed by atoms with Gasteiger partial charge in [-0.15, -0.1) is 0 Å². The molecule has 0 saturated heterocycles. The molecule has 1 aliphatic rings. The number of carboxylic acids is 1. The number of hydrogen-bond donors (Lipinski definition) is 1. The van der Waals surface area contributed by atoms with E-state index in [0.29, 0.717) is 5.56 Å². The largest absolute Gasteiger partial charge is 0.492 e. The van der Waals surface area contributed by atoms with E-state index in [1.807, 2.05) is 0 Å². The minimum absolute atomic E-state index is 0.0641. The van der Waals surface area contributed by atoms with Crippen LogP contribution in [0.3, 0.4) is 0 Å². The predicted molar refractivity (Wildman–Crippen MR) is 51.8 cm³/mol. The van der Waals surface area contributed by atoms with E-state index in [1.54, 1.807) is 0 Å². The summed E-state index contributed by atoms with van der Waals surface area (Å²) in [5.74, 6) is -2.09. The third kappa shape index (κ3) is 2.20. The highest BCUT2D eigenvalue weighted by atomic mass is 19.4. The van der Waals surface area contributed by atoms with Crippen molar-refractivity contribution in [3.05, 3.63) is 29.3 Å². The number of benzene rings is 1. The molecule has 1 aromatic rings. The average Bonchev–Trinajstić information content (AvgIpc) is 2.26. The highest BCUT2D eigenvalue weighted by molar-refractivity contribution is 5.71. The molecule has 0 saturated carbocycles. The van der Waals surface area contributed by atoms with E-state index in [4.69, 9.17) is 9.84 Å². The first-order chi connectivity index (χ1) is 7.89. The van der Waals surface area contributed by atoms with Gasteiger partial charge in [-0.25, -0.2) is 0 Å². The molecule has 1 aromatic carbocycles. The maximum Gasteiger partial charge on any atom is 0.419 e. The Morgan fingerprint density at radius 3 is 2.71 bits per heavy atom. The van der Waals surface area contributed by atoms with Crippen molar-refractivity contribution in [1.82, 2.24) is 0 Å². The maximum absolute atomic E-state index is 12.6. The molecule has 6 heteroatoms. The fraction of sp³-hybridized carbons (Fsp3) is 0.364. The second-order valence-electron chi connectivity index (χ2n) is 3.84. The summed E-state index contributed by atoms with van der Waals surface area (Å²) in [6.45, 7) is -0.227. The Morgan fingerprint density at radius 1 is 1.41 bits per heavy atom. The van der Waals surface area contributed by atoms with Gasteiger partial charge in [0, 0.05) is 0 Å². The number of carbonyl (C=O) groups is 1. The van der Waals surface area contributed by atoms with Crippen LogP contribution in [0.4, 0.5) is 13.2 Å². The zero-order valence-electron chi connectivity index (χ0n) is 8.62. The highest BCUT2D eigenvalue weighted by Gasteiger charge is 2.37. The SMILES string of the molecule is O=C(O)[C@@H]1COc2c(cccc2C(F)(F)F)C1. The van der Waals surface area contributed by atoms with Crippen molar-refractivity contribution in [2.75, 3.05) is 6.61 Å². The van der Waals surface area contributed by atoms with Crippen LogP contribution in [0.5, 0.6) is 5.75 Å². The van der Waals surface area contributed by atoms with Crippen LogP contribution in [0.15, 0.2) is 18.2 Å². The summed E-state index contributed by atoms with van der Waals surface area (Å²) in [5, 5.41) is 8.79. The minimum atomic E-state index is -4.48. The molecule has 1 aliphatic heterocycles. The maximum atomic E-state index is 12.6. The monoisotopic (exact) mass is 246 g/mol. The van der Waals surface area contributed by atoms with Gasteiger partial charge in [0.1, 0.15) is 12.4 Å².